The minimum absolute atomic E-state index is 0.220. The number of hydrogen-bond donors (Lipinski definition) is 1. The molecule has 2 rings (SSSR count). The van der Waals surface area contributed by atoms with E-state index in [2.05, 4.69) is 6.58 Å². The summed E-state index contributed by atoms with van der Waals surface area (Å²) in [5.41, 5.74) is 1.21. The first-order chi connectivity index (χ1) is 11.4. The Kier molecular flexibility index (Phi) is 7.62. The van der Waals surface area contributed by atoms with E-state index in [0.29, 0.717) is 25.0 Å². The van der Waals surface area contributed by atoms with Gasteiger partial charge in [0.2, 0.25) is 5.91 Å². The van der Waals surface area contributed by atoms with Gasteiger partial charge < -0.3 is 10.0 Å². The van der Waals surface area contributed by atoms with Crippen LogP contribution in [0.2, 0.25) is 0 Å². The van der Waals surface area contributed by atoms with Crippen LogP contribution >= 0.6 is 0 Å². The maximum Gasteiger partial charge on any atom is 0.308 e. The molecule has 5 heteroatoms. The molecule has 1 aromatic carbocycles. The molecule has 1 fully saturated rings. The third-order valence-corrected chi connectivity index (χ3v) is 4.23. The van der Waals surface area contributed by atoms with Crippen molar-refractivity contribution in [2.24, 2.45) is 5.92 Å². The molecule has 2 atom stereocenters. The van der Waals surface area contributed by atoms with E-state index in [4.69, 9.17) is 5.11 Å². The molecule has 0 bridgehead atoms. The fourth-order valence-corrected chi connectivity index (χ4v) is 2.70. The molecule has 1 aromatic rings. The summed E-state index contributed by atoms with van der Waals surface area (Å²) in [6, 6.07) is 5.97. The van der Waals surface area contributed by atoms with Gasteiger partial charge >= 0.3 is 5.97 Å². The summed E-state index contributed by atoms with van der Waals surface area (Å²) < 4.78 is 13.0. The number of carboxylic acids is 1. The molecular weight excluding hydrogens is 309 g/mol. The van der Waals surface area contributed by atoms with Crippen molar-refractivity contribution in [2.45, 2.75) is 39.5 Å². The molecule has 1 saturated heterocycles. The van der Waals surface area contributed by atoms with Crippen LogP contribution in [0.25, 0.3) is 0 Å². The number of benzene rings is 1. The third kappa shape index (κ3) is 4.91. The van der Waals surface area contributed by atoms with Gasteiger partial charge in [0, 0.05) is 24.6 Å². The standard InChI is InChI=1S/C17H20FNO3.C2H6/c1-11(13-5-7-15(18)8-6-13)12(2)16(20)19-9-3-4-14(10-19)17(21)22;1-2/h5-8,11,14H,2-4,9-10H2,1H3,(H,21,22);1-2H3. The Labute approximate surface area is 143 Å². The minimum Gasteiger partial charge on any atom is -0.481 e. The summed E-state index contributed by atoms with van der Waals surface area (Å²) in [5, 5.41) is 9.09. The van der Waals surface area contributed by atoms with Crippen molar-refractivity contribution in [3.63, 3.8) is 0 Å². The number of hydrogen-bond acceptors (Lipinski definition) is 2. The highest BCUT2D eigenvalue weighted by atomic mass is 19.1. The van der Waals surface area contributed by atoms with Crippen LogP contribution in [0.5, 0.6) is 0 Å². The Morgan fingerprint density at radius 3 is 2.42 bits per heavy atom. The van der Waals surface area contributed by atoms with Crippen molar-refractivity contribution >= 4 is 11.9 Å². The summed E-state index contributed by atoms with van der Waals surface area (Å²) in [5.74, 6) is -2.16. The summed E-state index contributed by atoms with van der Waals surface area (Å²) in [6.07, 6.45) is 1.28. The first kappa shape index (κ1) is 19.9. The van der Waals surface area contributed by atoms with Gasteiger partial charge in [-0.1, -0.05) is 39.5 Å². The number of piperidine rings is 1. The summed E-state index contributed by atoms with van der Waals surface area (Å²) in [6.45, 7) is 10.5. The van der Waals surface area contributed by atoms with E-state index in [1.807, 2.05) is 20.8 Å². The molecule has 0 aromatic heterocycles. The van der Waals surface area contributed by atoms with Gasteiger partial charge in [-0.25, -0.2) is 4.39 Å². The molecule has 1 aliphatic heterocycles. The van der Waals surface area contributed by atoms with Crippen LogP contribution in [0.4, 0.5) is 4.39 Å². The van der Waals surface area contributed by atoms with Gasteiger partial charge in [-0.15, -0.1) is 0 Å². The number of nitrogens with zero attached hydrogens (tertiary/aromatic N) is 1. The lowest BCUT2D eigenvalue weighted by atomic mass is 9.91. The van der Waals surface area contributed by atoms with Crippen molar-refractivity contribution in [3.8, 4) is 0 Å². The van der Waals surface area contributed by atoms with E-state index in [0.717, 1.165) is 5.56 Å². The van der Waals surface area contributed by atoms with Crippen molar-refractivity contribution in [1.82, 2.24) is 4.90 Å². The number of aliphatic carboxylic acids is 1. The second-order valence-corrected chi connectivity index (χ2v) is 5.73. The van der Waals surface area contributed by atoms with Crippen molar-refractivity contribution < 1.29 is 19.1 Å². The van der Waals surface area contributed by atoms with Crippen molar-refractivity contribution in [1.29, 1.82) is 0 Å². The second-order valence-electron chi connectivity index (χ2n) is 5.73. The normalized spacial score (nSPS) is 18.2. The van der Waals surface area contributed by atoms with Gasteiger partial charge in [-0.3, -0.25) is 9.59 Å². The van der Waals surface area contributed by atoms with Crippen molar-refractivity contribution in [3.05, 3.63) is 47.8 Å². The highest BCUT2D eigenvalue weighted by Gasteiger charge is 2.30. The van der Waals surface area contributed by atoms with Crippen LogP contribution in [-0.4, -0.2) is 35.0 Å². The molecule has 0 spiro atoms. The number of carbonyl (C=O) groups is 2. The molecule has 24 heavy (non-hydrogen) atoms. The summed E-state index contributed by atoms with van der Waals surface area (Å²) in [7, 11) is 0. The van der Waals surface area contributed by atoms with E-state index in [-0.39, 0.29) is 24.2 Å². The van der Waals surface area contributed by atoms with Crippen molar-refractivity contribution in [2.75, 3.05) is 13.1 Å². The lowest BCUT2D eigenvalue weighted by Crippen LogP contribution is -2.43. The molecule has 0 saturated carbocycles. The Bertz CT molecular complexity index is 583. The third-order valence-electron chi connectivity index (χ3n) is 4.23. The van der Waals surface area contributed by atoms with Gasteiger partial charge in [0.05, 0.1) is 5.92 Å². The van der Waals surface area contributed by atoms with E-state index < -0.39 is 11.9 Å². The lowest BCUT2D eigenvalue weighted by molar-refractivity contribution is -0.145. The van der Waals surface area contributed by atoms with Crippen LogP contribution in [0.1, 0.15) is 45.1 Å². The predicted octanol–water partition coefficient (Wildman–Crippen LogP) is 3.83. The predicted molar refractivity (Wildman–Crippen MR) is 92.2 cm³/mol. The number of carboxylic acid groups (broad SMARTS) is 1. The van der Waals surface area contributed by atoms with Gasteiger partial charge in [0.1, 0.15) is 5.82 Å². The average molecular weight is 335 g/mol. The molecule has 2 unspecified atom stereocenters. The summed E-state index contributed by atoms with van der Waals surface area (Å²) in [4.78, 5) is 25.2. The first-order valence-electron chi connectivity index (χ1n) is 8.36. The molecule has 1 heterocycles. The highest BCUT2D eigenvalue weighted by molar-refractivity contribution is 5.94. The Balaban J connectivity index is 0.00000139. The van der Waals surface area contributed by atoms with Crippen LogP contribution in [-0.2, 0) is 9.59 Å². The fourth-order valence-electron chi connectivity index (χ4n) is 2.70. The Morgan fingerprint density at radius 2 is 1.88 bits per heavy atom. The molecule has 1 N–H and O–H groups in total. The average Bonchev–Trinajstić information content (AvgIpc) is 2.62. The van der Waals surface area contributed by atoms with E-state index in [1.54, 1.807) is 17.0 Å². The van der Waals surface area contributed by atoms with Gasteiger partial charge in [0.15, 0.2) is 0 Å². The number of rotatable bonds is 4. The lowest BCUT2D eigenvalue weighted by Gasteiger charge is -2.32. The highest BCUT2D eigenvalue weighted by Crippen LogP contribution is 2.26. The molecule has 1 aliphatic rings. The van der Waals surface area contributed by atoms with E-state index in [1.165, 1.54) is 12.1 Å². The molecule has 0 radical (unpaired) electrons. The van der Waals surface area contributed by atoms with Gasteiger partial charge in [0.25, 0.3) is 0 Å². The topological polar surface area (TPSA) is 57.6 Å². The molecule has 0 aliphatic carbocycles. The number of likely N-dealkylation sites (tertiary alicyclic amines) is 1. The zero-order valence-corrected chi connectivity index (χ0v) is 14.6. The maximum atomic E-state index is 13.0. The molecule has 4 nitrogen and oxygen atoms in total. The maximum absolute atomic E-state index is 13.0. The first-order valence-corrected chi connectivity index (χ1v) is 8.36. The smallest absolute Gasteiger partial charge is 0.308 e. The molecular formula is C19H26FNO3. The summed E-state index contributed by atoms with van der Waals surface area (Å²) >= 11 is 0. The van der Waals surface area contributed by atoms with Gasteiger partial charge in [-0.2, -0.15) is 0 Å². The molecule has 132 valence electrons. The minimum atomic E-state index is -0.866. The quantitative estimate of drug-likeness (QED) is 0.851. The zero-order valence-electron chi connectivity index (χ0n) is 14.6. The monoisotopic (exact) mass is 335 g/mol. The van der Waals surface area contributed by atoms with Crippen LogP contribution in [0.15, 0.2) is 36.4 Å². The SMILES string of the molecule is C=C(C(=O)N1CCCC(C(=O)O)C1)C(C)c1ccc(F)cc1.CC. The van der Waals surface area contributed by atoms with E-state index >= 15 is 0 Å². The number of carbonyl (C=O) groups excluding carboxylic acids is 1. The fraction of sp³-hybridized carbons (Fsp3) is 0.474. The largest absolute Gasteiger partial charge is 0.481 e. The van der Waals surface area contributed by atoms with Crippen LogP contribution in [0.3, 0.4) is 0 Å². The second kappa shape index (κ2) is 9.21. The number of amides is 1. The molecule has 1 amide bonds. The zero-order chi connectivity index (χ0) is 18.3. The Hall–Kier alpha value is -2.17. The van der Waals surface area contributed by atoms with Gasteiger partial charge in [-0.05, 0) is 30.5 Å². The van der Waals surface area contributed by atoms with Crippen LogP contribution in [0, 0.1) is 11.7 Å². The number of halogens is 1. The Morgan fingerprint density at radius 1 is 1.29 bits per heavy atom. The van der Waals surface area contributed by atoms with E-state index in [9.17, 15) is 14.0 Å². The van der Waals surface area contributed by atoms with Crippen LogP contribution < -0.4 is 0 Å².